The van der Waals surface area contributed by atoms with Gasteiger partial charge in [-0.25, -0.2) is 0 Å². The Balaban J connectivity index is 0.00000300. The fraction of sp³-hybridized carbons (Fsp3) is 0.750. The Morgan fingerprint density at radius 1 is 1.24 bits per heavy atom. The van der Waals surface area contributed by atoms with Gasteiger partial charge < -0.3 is 20.1 Å². The molecule has 164 valence electrons. The van der Waals surface area contributed by atoms with Gasteiger partial charge in [0.25, 0.3) is 0 Å². The molecule has 0 unspecified atom stereocenters. The lowest BCUT2D eigenvalue weighted by Crippen LogP contribution is -2.52. The summed E-state index contributed by atoms with van der Waals surface area (Å²) in [5, 5.41) is 10.5. The first-order chi connectivity index (χ1) is 13.7. The van der Waals surface area contributed by atoms with Crippen LogP contribution in [0.3, 0.4) is 0 Å². The van der Waals surface area contributed by atoms with E-state index in [1.165, 1.54) is 19.3 Å². The van der Waals surface area contributed by atoms with Crippen LogP contribution in [-0.4, -0.2) is 72.1 Å². The first-order valence-electron chi connectivity index (χ1n) is 10.7. The van der Waals surface area contributed by atoms with Gasteiger partial charge in [-0.1, -0.05) is 24.4 Å². The van der Waals surface area contributed by atoms with E-state index in [9.17, 15) is 4.79 Å². The van der Waals surface area contributed by atoms with Crippen molar-refractivity contribution < 1.29 is 9.32 Å². The molecule has 9 heteroatoms. The van der Waals surface area contributed by atoms with Crippen molar-refractivity contribution in [1.29, 1.82) is 0 Å². The number of carbonyl (C=O) groups excluding carboxylic acids is 1. The van der Waals surface area contributed by atoms with Gasteiger partial charge in [0.15, 0.2) is 5.96 Å². The lowest BCUT2D eigenvalue weighted by atomic mass is 9.95. The molecule has 1 saturated carbocycles. The summed E-state index contributed by atoms with van der Waals surface area (Å²) < 4.78 is 4.91. The zero-order valence-electron chi connectivity index (χ0n) is 17.4. The van der Waals surface area contributed by atoms with Gasteiger partial charge in [0, 0.05) is 57.8 Å². The molecule has 1 aromatic heterocycles. The molecule has 29 heavy (non-hydrogen) atoms. The van der Waals surface area contributed by atoms with E-state index in [1.54, 1.807) is 6.26 Å². The van der Waals surface area contributed by atoms with E-state index in [4.69, 9.17) is 9.52 Å². The van der Waals surface area contributed by atoms with Crippen molar-refractivity contribution in [3.8, 4) is 0 Å². The molecule has 0 spiro atoms. The maximum absolute atomic E-state index is 12.2. The highest BCUT2D eigenvalue weighted by Crippen LogP contribution is 2.17. The van der Waals surface area contributed by atoms with Crippen molar-refractivity contribution in [3.63, 3.8) is 0 Å². The summed E-state index contributed by atoms with van der Waals surface area (Å²) in [5.41, 5.74) is 0.970. The number of nitrogens with zero attached hydrogens (tertiary/aromatic N) is 4. The second-order valence-electron chi connectivity index (χ2n) is 7.64. The van der Waals surface area contributed by atoms with Gasteiger partial charge in [-0.3, -0.25) is 14.7 Å². The number of amides is 1. The molecule has 0 radical (unpaired) electrons. The summed E-state index contributed by atoms with van der Waals surface area (Å²) >= 11 is 0. The lowest BCUT2D eigenvalue weighted by Gasteiger charge is -2.36. The minimum Gasteiger partial charge on any atom is -0.364 e. The normalized spacial score (nSPS) is 18.9. The quantitative estimate of drug-likeness (QED) is 0.327. The molecule has 2 fully saturated rings. The molecule has 1 saturated heterocycles. The Morgan fingerprint density at radius 3 is 2.66 bits per heavy atom. The Morgan fingerprint density at radius 2 is 2.00 bits per heavy atom. The van der Waals surface area contributed by atoms with Crippen LogP contribution in [0, 0.1) is 0 Å². The van der Waals surface area contributed by atoms with E-state index in [0.717, 1.165) is 63.8 Å². The third-order valence-corrected chi connectivity index (χ3v) is 5.45. The zero-order chi connectivity index (χ0) is 19.6. The number of hydrogen-bond acceptors (Lipinski definition) is 5. The van der Waals surface area contributed by atoms with Crippen LogP contribution in [0.4, 0.5) is 0 Å². The van der Waals surface area contributed by atoms with Crippen molar-refractivity contribution >= 4 is 35.8 Å². The van der Waals surface area contributed by atoms with E-state index < -0.39 is 0 Å². The second-order valence-corrected chi connectivity index (χ2v) is 7.64. The molecule has 8 nitrogen and oxygen atoms in total. The van der Waals surface area contributed by atoms with Crippen LogP contribution in [0.25, 0.3) is 0 Å². The number of hydrogen-bond donors (Lipinski definition) is 2. The monoisotopic (exact) mass is 518 g/mol. The summed E-state index contributed by atoms with van der Waals surface area (Å²) in [6, 6.07) is 2.28. The van der Waals surface area contributed by atoms with Gasteiger partial charge in [-0.05, 0) is 19.8 Å². The fourth-order valence-electron chi connectivity index (χ4n) is 3.90. The largest absolute Gasteiger partial charge is 0.364 e. The van der Waals surface area contributed by atoms with Crippen molar-refractivity contribution in [3.05, 3.63) is 18.0 Å². The van der Waals surface area contributed by atoms with Gasteiger partial charge in [0.2, 0.25) is 5.91 Å². The smallest absolute Gasteiger partial charge is 0.222 e. The molecule has 3 rings (SSSR count). The van der Waals surface area contributed by atoms with Crippen LogP contribution in [0.5, 0.6) is 0 Å². The van der Waals surface area contributed by atoms with E-state index in [1.807, 2.05) is 6.07 Å². The molecule has 0 atom stereocenters. The van der Waals surface area contributed by atoms with Gasteiger partial charge in [-0.15, -0.1) is 24.0 Å². The minimum absolute atomic E-state index is 0. The first kappa shape index (κ1) is 23.9. The Labute approximate surface area is 190 Å². The van der Waals surface area contributed by atoms with Crippen molar-refractivity contribution in [2.24, 2.45) is 4.99 Å². The van der Waals surface area contributed by atoms with Crippen LogP contribution in [0.15, 0.2) is 21.8 Å². The average Bonchev–Trinajstić information content (AvgIpc) is 3.22. The molecule has 2 heterocycles. The number of carbonyl (C=O) groups is 1. The summed E-state index contributed by atoms with van der Waals surface area (Å²) in [4.78, 5) is 21.5. The number of nitrogens with one attached hydrogen (secondary N) is 2. The van der Waals surface area contributed by atoms with Crippen molar-refractivity contribution in [2.45, 2.75) is 58.0 Å². The van der Waals surface area contributed by atoms with Crippen molar-refractivity contribution in [2.75, 3.05) is 39.3 Å². The summed E-state index contributed by atoms with van der Waals surface area (Å²) in [7, 11) is 0. The number of rotatable bonds is 7. The molecular formula is C20H35IN6O2. The average molecular weight is 518 g/mol. The highest BCUT2D eigenvalue weighted by molar-refractivity contribution is 14.0. The molecular weight excluding hydrogens is 483 g/mol. The molecule has 1 aliphatic carbocycles. The van der Waals surface area contributed by atoms with E-state index >= 15 is 0 Å². The third-order valence-electron chi connectivity index (χ3n) is 5.45. The number of aliphatic imine (C=N–C) groups is 1. The number of aromatic nitrogens is 1. The van der Waals surface area contributed by atoms with Crippen molar-refractivity contribution in [1.82, 2.24) is 25.6 Å². The standard InChI is InChI=1S/C20H34N6O2.HI/c1-2-21-20(22-10-8-19(27)23-17-6-4-3-5-7-17)26-13-11-25(12-14-26)16-18-9-15-28-24-18;/h9,15,17H,2-8,10-14,16H2,1H3,(H,21,22)(H,23,27);1H. The Bertz CT molecular complexity index is 610. The Hall–Kier alpha value is -1.36. The lowest BCUT2D eigenvalue weighted by molar-refractivity contribution is -0.121. The van der Waals surface area contributed by atoms with Crippen LogP contribution >= 0.6 is 24.0 Å². The number of guanidine groups is 1. The Kier molecular flexibility index (Phi) is 10.8. The van der Waals surface area contributed by atoms with E-state index in [-0.39, 0.29) is 29.9 Å². The molecule has 1 aromatic rings. The molecule has 2 aliphatic rings. The zero-order valence-corrected chi connectivity index (χ0v) is 19.8. The highest BCUT2D eigenvalue weighted by atomic mass is 127. The molecule has 2 N–H and O–H groups in total. The summed E-state index contributed by atoms with van der Waals surface area (Å²) in [6.45, 7) is 7.99. The van der Waals surface area contributed by atoms with Gasteiger partial charge in [-0.2, -0.15) is 0 Å². The molecule has 1 amide bonds. The molecule has 0 aromatic carbocycles. The summed E-state index contributed by atoms with van der Waals surface area (Å²) in [5.74, 6) is 1.04. The fourth-order valence-corrected chi connectivity index (χ4v) is 3.90. The van der Waals surface area contributed by atoms with Crippen LogP contribution in [-0.2, 0) is 11.3 Å². The highest BCUT2D eigenvalue weighted by Gasteiger charge is 2.20. The second kappa shape index (κ2) is 13.0. The predicted octanol–water partition coefficient (Wildman–Crippen LogP) is 2.21. The molecule has 1 aliphatic heterocycles. The topological polar surface area (TPSA) is 86.0 Å². The predicted molar refractivity (Wildman–Crippen MR) is 124 cm³/mol. The first-order valence-corrected chi connectivity index (χ1v) is 10.7. The van der Waals surface area contributed by atoms with Crippen LogP contribution in [0.1, 0.15) is 51.1 Å². The molecule has 0 bridgehead atoms. The third kappa shape index (κ3) is 8.12. The summed E-state index contributed by atoms with van der Waals surface area (Å²) in [6.07, 6.45) is 8.08. The SMILES string of the molecule is CCNC(=NCCC(=O)NC1CCCCC1)N1CCN(Cc2ccon2)CC1.I. The maximum atomic E-state index is 12.2. The number of piperazine rings is 1. The van der Waals surface area contributed by atoms with E-state index in [2.05, 4.69) is 32.5 Å². The van der Waals surface area contributed by atoms with Gasteiger partial charge in [0.05, 0.1) is 12.2 Å². The van der Waals surface area contributed by atoms with E-state index in [0.29, 0.717) is 19.0 Å². The minimum atomic E-state index is 0. The van der Waals surface area contributed by atoms with Crippen LogP contribution < -0.4 is 10.6 Å². The van der Waals surface area contributed by atoms with Gasteiger partial charge >= 0.3 is 0 Å². The maximum Gasteiger partial charge on any atom is 0.222 e. The van der Waals surface area contributed by atoms with Gasteiger partial charge in [0.1, 0.15) is 6.26 Å². The van der Waals surface area contributed by atoms with Crippen LogP contribution in [0.2, 0.25) is 0 Å². The number of halogens is 1.